The molecule has 3 atom stereocenters. The smallest absolute Gasteiger partial charge is 0.407 e. The topological polar surface area (TPSA) is 105 Å². The number of nitrogens with zero attached hydrogens (tertiary/aromatic N) is 1. The molecule has 1 aliphatic rings. The number of hydrogen-bond donors (Lipinski definition) is 2. The molecule has 1 aliphatic carbocycles. The summed E-state index contributed by atoms with van der Waals surface area (Å²) in [5, 5.41) is 12.2. The van der Waals surface area contributed by atoms with Crippen molar-refractivity contribution in [2.24, 2.45) is 0 Å². The Labute approximate surface area is 228 Å². The van der Waals surface area contributed by atoms with Crippen molar-refractivity contribution in [3.8, 4) is 11.1 Å². The van der Waals surface area contributed by atoms with Gasteiger partial charge in [0.1, 0.15) is 18.7 Å². The van der Waals surface area contributed by atoms with Gasteiger partial charge in [0.2, 0.25) is 5.91 Å². The maximum atomic E-state index is 13.5. The van der Waals surface area contributed by atoms with Crippen molar-refractivity contribution in [3.63, 3.8) is 0 Å². The highest BCUT2D eigenvalue weighted by Crippen LogP contribution is 2.44. The number of ether oxygens (including phenoxy) is 2. The minimum atomic E-state index is -1.15. The van der Waals surface area contributed by atoms with Crippen LogP contribution >= 0.6 is 0 Å². The van der Waals surface area contributed by atoms with Crippen LogP contribution in [0.1, 0.15) is 43.4 Å². The fraction of sp³-hybridized carbons (Fsp3) is 0.323. The Morgan fingerprint density at radius 3 is 2.03 bits per heavy atom. The average Bonchev–Trinajstić information content (AvgIpc) is 3.27. The van der Waals surface area contributed by atoms with Crippen LogP contribution in [0.5, 0.6) is 0 Å². The summed E-state index contributed by atoms with van der Waals surface area (Å²) in [5.41, 5.74) is 5.28. The number of carbonyl (C=O) groups is 3. The van der Waals surface area contributed by atoms with Crippen molar-refractivity contribution < 1.29 is 29.0 Å². The largest absolute Gasteiger partial charge is 0.480 e. The number of rotatable bonds is 11. The monoisotopic (exact) mass is 530 g/mol. The molecule has 4 rings (SSSR count). The maximum absolute atomic E-state index is 13.5. The zero-order chi connectivity index (χ0) is 27.9. The predicted molar refractivity (Wildman–Crippen MR) is 147 cm³/mol. The SMILES string of the molecule is CCN(C(=O)[C@H](NC(=O)OCC1c2ccccc2-c2ccccc21)[C@H](C)OCc1ccccc1)C(C)C(=O)O. The summed E-state index contributed by atoms with van der Waals surface area (Å²) < 4.78 is 11.6. The Hall–Kier alpha value is -4.17. The molecule has 0 spiro atoms. The molecule has 3 aromatic rings. The number of hydrogen-bond acceptors (Lipinski definition) is 5. The van der Waals surface area contributed by atoms with E-state index in [-0.39, 0.29) is 25.7 Å². The first-order chi connectivity index (χ1) is 18.8. The second kappa shape index (κ2) is 12.6. The molecule has 0 saturated carbocycles. The normalized spacial score (nSPS) is 14.4. The third-order valence-electron chi connectivity index (χ3n) is 7.16. The van der Waals surface area contributed by atoms with E-state index in [1.807, 2.05) is 66.7 Å². The summed E-state index contributed by atoms with van der Waals surface area (Å²) in [5.74, 6) is -1.83. The van der Waals surface area contributed by atoms with Gasteiger partial charge in [0, 0.05) is 12.5 Å². The molecule has 0 radical (unpaired) electrons. The van der Waals surface area contributed by atoms with Gasteiger partial charge in [0.05, 0.1) is 12.7 Å². The summed E-state index contributed by atoms with van der Waals surface area (Å²) in [6, 6.07) is 23.3. The lowest BCUT2D eigenvalue weighted by molar-refractivity contribution is -0.151. The van der Waals surface area contributed by atoms with Crippen LogP contribution < -0.4 is 5.32 Å². The first-order valence-electron chi connectivity index (χ1n) is 13.1. The standard InChI is InChI=1S/C31H34N2O6/c1-4-33(20(2)30(35)36)29(34)28(21(3)38-18-22-12-6-5-7-13-22)32-31(37)39-19-27-25-16-10-8-14-23(25)24-15-9-11-17-26(24)27/h5-17,20-21,27-28H,4,18-19H2,1-3H3,(H,32,37)(H,35,36)/t20?,21-,28+/m0/s1. The van der Waals surface area contributed by atoms with Crippen molar-refractivity contribution in [3.05, 3.63) is 95.6 Å². The fourth-order valence-corrected chi connectivity index (χ4v) is 4.98. The lowest BCUT2D eigenvalue weighted by atomic mass is 9.98. The minimum Gasteiger partial charge on any atom is -0.480 e. The Bertz CT molecular complexity index is 1270. The highest BCUT2D eigenvalue weighted by atomic mass is 16.5. The van der Waals surface area contributed by atoms with E-state index in [0.29, 0.717) is 0 Å². The predicted octanol–water partition coefficient (Wildman–Crippen LogP) is 4.82. The number of likely N-dealkylation sites (N-methyl/N-ethyl adjacent to an activating group) is 1. The number of carboxylic acids is 1. The number of nitrogens with one attached hydrogen (secondary N) is 1. The van der Waals surface area contributed by atoms with E-state index in [2.05, 4.69) is 17.4 Å². The van der Waals surface area contributed by atoms with Crippen molar-refractivity contribution in [1.82, 2.24) is 10.2 Å². The van der Waals surface area contributed by atoms with E-state index in [9.17, 15) is 19.5 Å². The molecule has 8 heteroatoms. The Balaban J connectivity index is 1.49. The minimum absolute atomic E-state index is 0.0864. The number of amides is 2. The maximum Gasteiger partial charge on any atom is 0.407 e. The molecule has 1 unspecified atom stereocenters. The molecule has 0 heterocycles. The fourth-order valence-electron chi connectivity index (χ4n) is 4.98. The number of alkyl carbamates (subject to hydrolysis) is 1. The van der Waals surface area contributed by atoms with Crippen LogP contribution in [0.3, 0.4) is 0 Å². The second-order valence-electron chi connectivity index (χ2n) is 9.59. The zero-order valence-corrected chi connectivity index (χ0v) is 22.4. The van der Waals surface area contributed by atoms with Crippen molar-refractivity contribution in [2.45, 2.75) is 51.5 Å². The van der Waals surface area contributed by atoms with Gasteiger partial charge in [-0.2, -0.15) is 0 Å². The second-order valence-corrected chi connectivity index (χ2v) is 9.59. The van der Waals surface area contributed by atoms with Gasteiger partial charge in [-0.1, -0.05) is 78.9 Å². The van der Waals surface area contributed by atoms with Gasteiger partial charge in [-0.3, -0.25) is 4.79 Å². The third kappa shape index (κ3) is 6.29. The van der Waals surface area contributed by atoms with Crippen molar-refractivity contribution >= 4 is 18.0 Å². The molecular formula is C31H34N2O6. The lowest BCUT2D eigenvalue weighted by Crippen LogP contribution is -2.57. The van der Waals surface area contributed by atoms with E-state index in [0.717, 1.165) is 27.8 Å². The van der Waals surface area contributed by atoms with Crippen LogP contribution in [0.15, 0.2) is 78.9 Å². The number of aliphatic carboxylic acids is 1. The summed E-state index contributed by atoms with van der Waals surface area (Å²) in [4.78, 5) is 39.4. The first-order valence-corrected chi connectivity index (χ1v) is 13.1. The van der Waals surface area contributed by atoms with Gasteiger partial charge < -0.3 is 24.8 Å². The number of carboxylic acid groups (broad SMARTS) is 1. The van der Waals surface area contributed by atoms with Crippen LogP contribution in [-0.4, -0.2) is 59.3 Å². The molecule has 2 amide bonds. The van der Waals surface area contributed by atoms with Crippen LogP contribution in [0, 0.1) is 0 Å². The van der Waals surface area contributed by atoms with Gasteiger partial charge >= 0.3 is 12.1 Å². The van der Waals surface area contributed by atoms with Crippen LogP contribution in [0.25, 0.3) is 11.1 Å². The molecule has 0 saturated heterocycles. The molecule has 0 aliphatic heterocycles. The van der Waals surface area contributed by atoms with Crippen molar-refractivity contribution in [1.29, 1.82) is 0 Å². The number of benzene rings is 3. The molecule has 39 heavy (non-hydrogen) atoms. The molecule has 204 valence electrons. The van der Waals surface area contributed by atoms with Crippen LogP contribution in [0.4, 0.5) is 4.79 Å². The first kappa shape index (κ1) is 27.9. The van der Waals surface area contributed by atoms with Gasteiger partial charge in [0.25, 0.3) is 0 Å². The Kier molecular flexibility index (Phi) is 8.99. The lowest BCUT2D eigenvalue weighted by Gasteiger charge is -2.32. The van der Waals surface area contributed by atoms with Gasteiger partial charge in [-0.05, 0) is 48.6 Å². The van der Waals surface area contributed by atoms with Crippen molar-refractivity contribution in [2.75, 3.05) is 13.2 Å². The van der Waals surface area contributed by atoms with E-state index < -0.39 is 36.2 Å². The molecule has 0 aromatic heterocycles. The summed E-state index contributed by atoms with van der Waals surface area (Å²) in [7, 11) is 0. The highest BCUT2D eigenvalue weighted by Gasteiger charge is 2.36. The average molecular weight is 531 g/mol. The van der Waals surface area contributed by atoms with Gasteiger partial charge in [-0.25, -0.2) is 9.59 Å². The summed E-state index contributed by atoms with van der Waals surface area (Å²) in [6.45, 7) is 5.26. The van der Waals surface area contributed by atoms with E-state index >= 15 is 0 Å². The Morgan fingerprint density at radius 1 is 0.897 bits per heavy atom. The van der Waals surface area contributed by atoms with Gasteiger partial charge in [-0.15, -0.1) is 0 Å². The van der Waals surface area contributed by atoms with E-state index in [1.165, 1.54) is 11.8 Å². The van der Waals surface area contributed by atoms with Gasteiger partial charge in [0.15, 0.2) is 0 Å². The summed E-state index contributed by atoms with van der Waals surface area (Å²) in [6.07, 6.45) is -1.53. The van der Waals surface area contributed by atoms with E-state index in [4.69, 9.17) is 9.47 Å². The molecule has 8 nitrogen and oxygen atoms in total. The Morgan fingerprint density at radius 2 is 1.46 bits per heavy atom. The molecule has 3 aromatic carbocycles. The van der Waals surface area contributed by atoms with Crippen LogP contribution in [-0.2, 0) is 25.7 Å². The highest BCUT2D eigenvalue weighted by molar-refractivity contribution is 5.89. The molecule has 0 bridgehead atoms. The number of fused-ring (bicyclic) bond motifs is 3. The van der Waals surface area contributed by atoms with Crippen LogP contribution in [0.2, 0.25) is 0 Å². The number of carbonyl (C=O) groups excluding carboxylic acids is 2. The molecular weight excluding hydrogens is 496 g/mol. The quantitative estimate of drug-likeness (QED) is 0.368. The molecule has 2 N–H and O–H groups in total. The zero-order valence-electron chi connectivity index (χ0n) is 22.4. The molecule has 0 fully saturated rings. The van der Waals surface area contributed by atoms with E-state index in [1.54, 1.807) is 13.8 Å². The third-order valence-corrected chi connectivity index (χ3v) is 7.16. The summed E-state index contributed by atoms with van der Waals surface area (Å²) >= 11 is 0.